The van der Waals surface area contributed by atoms with Gasteiger partial charge in [0.2, 0.25) is 11.8 Å². The van der Waals surface area contributed by atoms with E-state index in [1.54, 1.807) is 10.9 Å². The van der Waals surface area contributed by atoms with Crippen LogP contribution in [-0.2, 0) is 28.1 Å². The number of benzene rings is 3. The van der Waals surface area contributed by atoms with Crippen LogP contribution in [0.2, 0.25) is 0 Å². The molecule has 16 nitrogen and oxygen atoms in total. The number of carbonyl (C=O) groups is 5. The fourth-order valence-electron chi connectivity index (χ4n) is 10.2. The van der Waals surface area contributed by atoms with Gasteiger partial charge in [0.05, 0.1) is 40.8 Å². The molecule has 6 aliphatic rings. The number of nitrogens with one attached hydrogen (secondary N) is 3. The Morgan fingerprint density at radius 3 is 2.24 bits per heavy atom. The van der Waals surface area contributed by atoms with E-state index in [0.717, 1.165) is 86.1 Å². The third kappa shape index (κ3) is 8.11. The van der Waals surface area contributed by atoms with Crippen LogP contribution in [0.1, 0.15) is 99.8 Å². The van der Waals surface area contributed by atoms with Crippen LogP contribution in [0, 0.1) is 12.7 Å². The van der Waals surface area contributed by atoms with Crippen molar-refractivity contribution >= 4 is 35.2 Å². The second kappa shape index (κ2) is 17.1. The van der Waals surface area contributed by atoms with Gasteiger partial charge in [0.1, 0.15) is 23.1 Å². The summed E-state index contributed by atoms with van der Waals surface area (Å²) in [7, 11) is 0. The van der Waals surface area contributed by atoms with Gasteiger partial charge in [-0.1, -0.05) is 30.3 Å². The minimum absolute atomic E-state index is 0.00961. The van der Waals surface area contributed by atoms with Gasteiger partial charge in [-0.05, 0) is 93.0 Å². The van der Waals surface area contributed by atoms with Crippen LogP contribution in [0.5, 0.6) is 0 Å². The Kier molecular flexibility index (Phi) is 11.3. The molecule has 3 unspecified atom stereocenters. The highest BCUT2D eigenvalue weighted by molar-refractivity contribution is 6.23. The highest BCUT2D eigenvalue weighted by Crippen LogP contribution is 2.40. The van der Waals surface area contributed by atoms with Crippen molar-refractivity contribution in [1.29, 1.82) is 0 Å². The third-order valence-corrected chi connectivity index (χ3v) is 14.4. The standard InChI is InChI=1S/C48H49F4N11O5/c1-26-16-29(8-9-37(26)62-23-30(20-54-62)42(65)53-21-40-55-46(58-57-40)47(2,3)48(50,51)52)28-6-4-27(5-7-28)22-61-32-17-33(61)25-60(24-32)31-12-14-59(15-13-31)39-19-35-34(18-36(39)49)44(67)63(45(35)68)38-10-11-41(64)56-43(38)66/h4-9,16,18-20,23,31-33,38H,10-15,17,21-22,24-25H2,1-3H3,(H,53,65)(H,55,57,58)(H,56,64,66). The SMILES string of the molecule is Cc1cc(-c2ccc(CN3C4CC3CN(C3CCN(c5cc6c(cc5F)C(=O)N(C5CCC(=O)NC5=O)C6=O)CC3)C4)cc2)ccc1-n1cc(C(=O)NCc2nc(C(C)(C)C(F)(F)F)n[nH]2)cn1. The van der Waals surface area contributed by atoms with Crippen molar-refractivity contribution in [3.05, 3.63) is 112 Å². The van der Waals surface area contributed by atoms with Gasteiger partial charge in [0.15, 0.2) is 5.82 Å². The van der Waals surface area contributed by atoms with E-state index >= 15 is 4.39 Å². The number of rotatable bonds is 11. The molecule has 0 aliphatic carbocycles. The van der Waals surface area contributed by atoms with Crippen molar-refractivity contribution in [2.45, 2.75) is 102 Å². The lowest BCUT2D eigenvalue weighted by Crippen LogP contribution is -2.69. The van der Waals surface area contributed by atoms with E-state index in [9.17, 15) is 37.1 Å². The van der Waals surface area contributed by atoms with Gasteiger partial charge in [0, 0.05) is 63.5 Å². The minimum Gasteiger partial charge on any atom is -0.369 e. The number of fused-ring (bicyclic) bond motifs is 3. The van der Waals surface area contributed by atoms with Crippen molar-refractivity contribution < 1.29 is 41.5 Å². The molecule has 20 heteroatoms. The number of H-pyrrole nitrogens is 1. The first-order valence-corrected chi connectivity index (χ1v) is 22.7. The Morgan fingerprint density at radius 1 is 0.868 bits per heavy atom. The Morgan fingerprint density at radius 2 is 1.56 bits per heavy atom. The molecule has 0 spiro atoms. The molecule has 11 rings (SSSR count). The van der Waals surface area contributed by atoms with Gasteiger partial charge in [0.25, 0.3) is 17.7 Å². The number of hydrogen-bond acceptors (Lipinski definition) is 11. The van der Waals surface area contributed by atoms with E-state index in [2.05, 4.69) is 71.0 Å². The van der Waals surface area contributed by atoms with Crippen LogP contribution in [0.15, 0.2) is 67.0 Å². The summed E-state index contributed by atoms with van der Waals surface area (Å²) in [6.45, 7) is 7.79. The van der Waals surface area contributed by atoms with E-state index < -0.39 is 58.8 Å². The van der Waals surface area contributed by atoms with Crippen LogP contribution in [0.3, 0.4) is 0 Å². The maximum atomic E-state index is 15.6. The second-order valence-corrected chi connectivity index (χ2v) is 19.0. The van der Waals surface area contributed by atoms with E-state index in [1.165, 1.54) is 17.8 Å². The number of halogens is 4. The normalized spacial score (nSPS) is 21.5. The van der Waals surface area contributed by atoms with Gasteiger partial charge < -0.3 is 10.2 Å². The van der Waals surface area contributed by atoms with Crippen molar-refractivity contribution in [1.82, 2.24) is 50.3 Å². The van der Waals surface area contributed by atoms with E-state index in [1.807, 2.05) is 24.0 Å². The van der Waals surface area contributed by atoms with Gasteiger partial charge in [-0.3, -0.25) is 49.1 Å². The zero-order valence-corrected chi connectivity index (χ0v) is 37.6. The van der Waals surface area contributed by atoms with E-state index in [4.69, 9.17) is 0 Å². The Labute approximate surface area is 388 Å². The first-order chi connectivity index (χ1) is 32.4. The fraction of sp³-hybridized carbons (Fsp3) is 0.417. The predicted octanol–water partition coefficient (Wildman–Crippen LogP) is 5.20. The molecular weight excluding hydrogens is 887 g/mol. The third-order valence-electron chi connectivity index (χ3n) is 14.4. The number of nitrogens with zero attached hydrogens (tertiary/aromatic N) is 8. The Balaban J connectivity index is 0.700. The summed E-state index contributed by atoms with van der Waals surface area (Å²) in [5, 5.41) is 15.4. The maximum absolute atomic E-state index is 15.6. The highest BCUT2D eigenvalue weighted by Gasteiger charge is 2.52. The number of aromatic nitrogens is 5. The molecule has 5 fully saturated rings. The van der Waals surface area contributed by atoms with Crippen LogP contribution >= 0.6 is 0 Å². The molecule has 2 bridgehead atoms. The molecule has 0 radical (unpaired) electrons. The maximum Gasteiger partial charge on any atom is 0.401 e. The highest BCUT2D eigenvalue weighted by atomic mass is 19.4. The smallest absolute Gasteiger partial charge is 0.369 e. The average molecular weight is 936 g/mol. The number of aromatic amines is 1. The predicted molar refractivity (Wildman–Crippen MR) is 238 cm³/mol. The lowest BCUT2D eigenvalue weighted by molar-refractivity contribution is -0.182. The van der Waals surface area contributed by atoms with Gasteiger partial charge in [-0.2, -0.15) is 23.4 Å². The van der Waals surface area contributed by atoms with Crippen LogP contribution in [0.4, 0.5) is 23.2 Å². The number of hydrogen-bond donors (Lipinski definition) is 3. The summed E-state index contributed by atoms with van der Waals surface area (Å²) in [4.78, 5) is 75.5. The molecule has 3 aromatic carbocycles. The quantitative estimate of drug-likeness (QED) is 0.117. The molecule has 3 N–H and O–H groups in total. The molecule has 5 saturated heterocycles. The first kappa shape index (κ1) is 45.0. The summed E-state index contributed by atoms with van der Waals surface area (Å²) < 4.78 is 57.4. The molecule has 3 atom stereocenters. The number of imide groups is 2. The molecule has 2 aromatic heterocycles. The van der Waals surface area contributed by atoms with Crippen molar-refractivity contribution in [2.24, 2.45) is 0 Å². The summed E-state index contributed by atoms with van der Waals surface area (Å²) >= 11 is 0. The van der Waals surface area contributed by atoms with Crippen LogP contribution < -0.4 is 15.5 Å². The molecule has 8 heterocycles. The number of alkyl halides is 3. The number of piperidine rings is 3. The van der Waals surface area contributed by atoms with Gasteiger partial charge >= 0.3 is 6.18 Å². The number of aryl methyl sites for hydroxylation is 1. The molecule has 68 heavy (non-hydrogen) atoms. The largest absolute Gasteiger partial charge is 0.401 e. The van der Waals surface area contributed by atoms with Crippen LogP contribution in [-0.4, -0.2) is 126 Å². The lowest BCUT2D eigenvalue weighted by Gasteiger charge is -2.58. The topological polar surface area (TPSA) is 182 Å². The number of piperazine rings is 1. The monoisotopic (exact) mass is 935 g/mol. The Bertz CT molecular complexity index is 2840. The second-order valence-electron chi connectivity index (χ2n) is 19.0. The summed E-state index contributed by atoms with van der Waals surface area (Å²) in [6.07, 6.45) is 1.34. The van der Waals surface area contributed by atoms with Crippen molar-refractivity contribution in [3.8, 4) is 16.8 Å². The summed E-state index contributed by atoms with van der Waals surface area (Å²) in [6, 6.07) is 17.3. The molecule has 354 valence electrons. The first-order valence-electron chi connectivity index (χ1n) is 22.7. The van der Waals surface area contributed by atoms with E-state index in [0.29, 0.717) is 31.2 Å². The zero-order chi connectivity index (χ0) is 47.8. The van der Waals surface area contributed by atoms with E-state index in [-0.39, 0.29) is 47.6 Å². The lowest BCUT2D eigenvalue weighted by atomic mass is 9.85. The number of anilines is 1. The zero-order valence-electron chi connectivity index (χ0n) is 37.6. The van der Waals surface area contributed by atoms with Crippen molar-refractivity contribution in [2.75, 3.05) is 31.1 Å². The Hall–Kier alpha value is -6.80. The molecular formula is C48H49F4N11O5. The summed E-state index contributed by atoms with van der Waals surface area (Å²) in [5.41, 5.74) is 3.35. The van der Waals surface area contributed by atoms with Crippen molar-refractivity contribution in [3.63, 3.8) is 0 Å². The van der Waals surface area contributed by atoms with Gasteiger partial charge in [-0.25, -0.2) is 14.1 Å². The molecule has 5 aromatic rings. The van der Waals surface area contributed by atoms with Crippen LogP contribution in [0.25, 0.3) is 16.8 Å². The number of carbonyl (C=O) groups excluding carboxylic acids is 5. The molecule has 5 amide bonds. The fourth-order valence-corrected chi connectivity index (χ4v) is 10.2. The molecule has 0 saturated carbocycles. The molecule has 6 aliphatic heterocycles. The van der Waals surface area contributed by atoms with Gasteiger partial charge in [-0.15, -0.1) is 0 Å². The summed E-state index contributed by atoms with van der Waals surface area (Å²) in [5.74, 6) is -3.90. The average Bonchev–Trinajstić information content (AvgIpc) is 4.06. The minimum atomic E-state index is -4.54. The number of amides is 5.